The number of hydrogen-bond acceptors (Lipinski definition) is 4. The summed E-state index contributed by atoms with van der Waals surface area (Å²) in [6.45, 7) is 4.29. The van der Waals surface area contributed by atoms with Gasteiger partial charge in [-0.25, -0.2) is 0 Å². The number of carbonyl (C=O) groups is 2. The quantitative estimate of drug-likeness (QED) is 0.271. The van der Waals surface area contributed by atoms with Crippen LogP contribution in [0.1, 0.15) is 117 Å². The summed E-state index contributed by atoms with van der Waals surface area (Å²) in [7, 11) is 0. The lowest BCUT2D eigenvalue weighted by Gasteiger charge is -2.27. The molecule has 0 aliphatic heterocycles. The summed E-state index contributed by atoms with van der Waals surface area (Å²) in [5, 5.41) is 29.8. The monoisotopic (exact) mass is 386 g/mol. The molecule has 0 aliphatic rings. The van der Waals surface area contributed by atoms with Gasteiger partial charge in [0.05, 0.1) is 6.42 Å². The van der Waals surface area contributed by atoms with Gasteiger partial charge in [0.2, 0.25) is 0 Å². The minimum atomic E-state index is -1.95. The van der Waals surface area contributed by atoms with E-state index in [-0.39, 0.29) is 6.42 Å². The number of unbranched alkanes of at least 4 members (excludes halogenated alkanes) is 11. The maximum atomic E-state index is 12.5. The molecule has 0 heterocycles. The molecule has 0 bridgehead atoms. The van der Waals surface area contributed by atoms with Crippen molar-refractivity contribution in [3.8, 4) is 0 Å². The van der Waals surface area contributed by atoms with E-state index in [1.165, 1.54) is 32.1 Å². The number of carboxylic acid groups (broad SMARTS) is 1. The van der Waals surface area contributed by atoms with Crippen molar-refractivity contribution in [1.82, 2.24) is 0 Å². The molecule has 0 aromatic rings. The third-order valence-electron chi connectivity index (χ3n) is 5.23. The van der Waals surface area contributed by atoms with Gasteiger partial charge in [-0.3, -0.25) is 9.59 Å². The number of aliphatic hydroxyl groups excluding tert-OH is 1. The minimum Gasteiger partial charge on any atom is -0.481 e. The van der Waals surface area contributed by atoms with Gasteiger partial charge in [-0.05, 0) is 12.8 Å². The number of aliphatic hydroxyl groups is 2. The van der Waals surface area contributed by atoms with Gasteiger partial charge < -0.3 is 15.3 Å². The molecule has 3 N–H and O–H groups in total. The Bertz CT molecular complexity index is 396. The maximum Gasteiger partial charge on any atom is 0.306 e. The lowest BCUT2D eigenvalue weighted by molar-refractivity contribution is -0.157. The highest BCUT2D eigenvalue weighted by atomic mass is 16.4. The van der Waals surface area contributed by atoms with Crippen LogP contribution >= 0.6 is 0 Å². The highest BCUT2D eigenvalue weighted by molar-refractivity contribution is 5.93. The summed E-state index contributed by atoms with van der Waals surface area (Å²) in [5.74, 6) is -1.93. The van der Waals surface area contributed by atoms with Crippen molar-refractivity contribution in [2.45, 2.75) is 128 Å². The molecule has 160 valence electrons. The Morgan fingerprint density at radius 3 is 1.70 bits per heavy atom. The van der Waals surface area contributed by atoms with Crippen LogP contribution in [0.15, 0.2) is 0 Å². The number of ketones is 1. The molecule has 0 aromatic heterocycles. The van der Waals surface area contributed by atoms with Gasteiger partial charge in [0.15, 0.2) is 5.78 Å². The van der Waals surface area contributed by atoms with Crippen LogP contribution in [0.4, 0.5) is 0 Å². The van der Waals surface area contributed by atoms with E-state index in [1.54, 1.807) is 0 Å². The van der Waals surface area contributed by atoms with Crippen LogP contribution in [-0.4, -0.2) is 38.8 Å². The Hall–Kier alpha value is -0.940. The molecule has 2 unspecified atom stereocenters. The van der Waals surface area contributed by atoms with E-state index in [9.17, 15) is 19.8 Å². The topological polar surface area (TPSA) is 94.8 Å². The summed E-state index contributed by atoms with van der Waals surface area (Å²) < 4.78 is 0. The second-order valence-corrected chi connectivity index (χ2v) is 7.91. The maximum absolute atomic E-state index is 12.5. The van der Waals surface area contributed by atoms with Crippen LogP contribution < -0.4 is 0 Å². The lowest BCUT2D eigenvalue weighted by atomic mass is 9.84. The van der Waals surface area contributed by atoms with Crippen molar-refractivity contribution in [3.63, 3.8) is 0 Å². The number of hydrogen-bond donors (Lipinski definition) is 3. The molecule has 5 heteroatoms. The van der Waals surface area contributed by atoms with E-state index in [2.05, 4.69) is 13.8 Å². The molecule has 0 fully saturated rings. The van der Waals surface area contributed by atoms with E-state index >= 15 is 0 Å². The van der Waals surface area contributed by atoms with E-state index in [1.807, 2.05) is 0 Å². The zero-order valence-corrected chi connectivity index (χ0v) is 17.5. The van der Waals surface area contributed by atoms with Gasteiger partial charge in [0, 0.05) is 0 Å². The highest BCUT2D eigenvalue weighted by Crippen LogP contribution is 2.24. The Labute approximate surface area is 165 Å². The SMILES string of the molecule is CCCCCCCCCCC(O)C(=O)C(O)(CCCCCCC)CC(=O)O. The van der Waals surface area contributed by atoms with Crippen LogP contribution in [-0.2, 0) is 9.59 Å². The Morgan fingerprint density at radius 1 is 0.778 bits per heavy atom. The fraction of sp³-hybridized carbons (Fsp3) is 0.909. The lowest BCUT2D eigenvalue weighted by Crippen LogP contribution is -2.46. The first-order valence-corrected chi connectivity index (χ1v) is 11.0. The third kappa shape index (κ3) is 13.0. The van der Waals surface area contributed by atoms with Crippen molar-refractivity contribution in [2.24, 2.45) is 0 Å². The van der Waals surface area contributed by atoms with Crippen LogP contribution in [0, 0.1) is 0 Å². The van der Waals surface area contributed by atoms with Crippen molar-refractivity contribution in [3.05, 3.63) is 0 Å². The Kier molecular flexibility index (Phi) is 15.5. The van der Waals surface area contributed by atoms with Gasteiger partial charge in [-0.15, -0.1) is 0 Å². The fourth-order valence-corrected chi connectivity index (χ4v) is 3.48. The number of carbonyl (C=O) groups excluding carboxylic acids is 1. The highest BCUT2D eigenvalue weighted by Gasteiger charge is 2.40. The van der Waals surface area contributed by atoms with E-state index < -0.39 is 29.9 Å². The molecule has 27 heavy (non-hydrogen) atoms. The molecule has 5 nitrogen and oxygen atoms in total. The molecule has 0 aliphatic carbocycles. The summed E-state index contributed by atoms with van der Waals surface area (Å²) in [5.41, 5.74) is -1.95. The van der Waals surface area contributed by atoms with Crippen molar-refractivity contribution in [2.75, 3.05) is 0 Å². The summed E-state index contributed by atoms with van der Waals surface area (Å²) in [6.07, 6.45) is 12.1. The molecule has 0 aromatic carbocycles. The summed E-state index contributed by atoms with van der Waals surface area (Å²) >= 11 is 0. The molecule has 0 radical (unpaired) electrons. The molecule has 0 saturated heterocycles. The molecule has 2 atom stereocenters. The van der Waals surface area contributed by atoms with Gasteiger partial charge in [0.1, 0.15) is 11.7 Å². The number of rotatable bonds is 19. The second kappa shape index (κ2) is 16.1. The smallest absolute Gasteiger partial charge is 0.306 e. The Balaban J connectivity index is 4.28. The van der Waals surface area contributed by atoms with Gasteiger partial charge in [-0.2, -0.15) is 0 Å². The average molecular weight is 387 g/mol. The van der Waals surface area contributed by atoms with Crippen molar-refractivity contribution in [1.29, 1.82) is 0 Å². The molecular formula is C22H42O5. The largest absolute Gasteiger partial charge is 0.481 e. The first-order valence-electron chi connectivity index (χ1n) is 11.0. The predicted molar refractivity (Wildman–Crippen MR) is 109 cm³/mol. The fourth-order valence-electron chi connectivity index (χ4n) is 3.48. The van der Waals surface area contributed by atoms with Gasteiger partial charge in [0.25, 0.3) is 0 Å². The number of aliphatic carboxylic acids is 1. The van der Waals surface area contributed by atoms with Crippen molar-refractivity contribution >= 4 is 11.8 Å². The van der Waals surface area contributed by atoms with E-state index in [0.29, 0.717) is 12.8 Å². The van der Waals surface area contributed by atoms with Crippen LogP contribution in [0.5, 0.6) is 0 Å². The summed E-state index contributed by atoms with van der Waals surface area (Å²) in [6, 6.07) is 0. The third-order valence-corrected chi connectivity index (χ3v) is 5.23. The number of Topliss-reactive ketones (excluding diaryl/α,β-unsaturated/α-hetero) is 1. The second-order valence-electron chi connectivity index (χ2n) is 7.91. The standard InChI is InChI=1S/C22H42O5/c1-3-5-7-9-10-11-12-14-16-19(23)21(26)22(27,18-20(24)25)17-15-13-8-6-4-2/h19,23,27H,3-18H2,1-2H3,(H,24,25). The van der Waals surface area contributed by atoms with E-state index in [0.717, 1.165) is 44.9 Å². The normalized spacial score (nSPS) is 14.7. The zero-order chi connectivity index (χ0) is 20.5. The minimum absolute atomic E-state index is 0.107. The molecule has 0 amide bonds. The summed E-state index contributed by atoms with van der Waals surface area (Å²) in [4.78, 5) is 23.6. The average Bonchev–Trinajstić information content (AvgIpc) is 2.62. The van der Waals surface area contributed by atoms with Crippen molar-refractivity contribution < 1.29 is 24.9 Å². The number of carboxylic acids is 1. The predicted octanol–water partition coefficient (Wildman–Crippen LogP) is 5.01. The van der Waals surface area contributed by atoms with Crippen LogP contribution in [0.25, 0.3) is 0 Å². The molecule has 0 saturated carbocycles. The van der Waals surface area contributed by atoms with E-state index in [4.69, 9.17) is 5.11 Å². The molecular weight excluding hydrogens is 344 g/mol. The first-order chi connectivity index (χ1) is 12.9. The van der Waals surface area contributed by atoms with Gasteiger partial charge >= 0.3 is 5.97 Å². The zero-order valence-electron chi connectivity index (χ0n) is 17.5. The molecule has 0 rings (SSSR count). The van der Waals surface area contributed by atoms with Gasteiger partial charge in [-0.1, -0.05) is 97.3 Å². The first kappa shape index (κ1) is 26.1. The Morgan fingerprint density at radius 2 is 1.22 bits per heavy atom. The van der Waals surface area contributed by atoms with Crippen LogP contribution in [0.3, 0.4) is 0 Å². The molecule has 0 spiro atoms. The van der Waals surface area contributed by atoms with Crippen LogP contribution in [0.2, 0.25) is 0 Å².